The van der Waals surface area contributed by atoms with E-state index in [-0.39, 0.29) is 6.04 Å². The topological polar surface area (TPSA) is 70.2 Å². The van der Waals surface area contributed by atoms with Gasteiger partial charge in [0.05, 0.1) is 24.2 Å². The first-order chi connectivity index (χ1) is 14.8. The SMILES string of the molecule is COc1ccc(C(c2nc3ccccc3[nH]2)N2CCN(c3ncccn3)CC2)cc1. The molecule has 0 amide bonds. The van der Waals surface area contributed by atoms with Crippen molar-refractivity contribution in [3.8, 4) is 5.75 Å². The maximum Gasteiger partial charge on any atom is 0.225 e. The molecule has 0 spiro atoms. The Kier molecular flexibility index (Phi) is 5.03. The average Bonchev–Trinajstić information content (AvgIpc) is 3.24. The number of aromatic nitrogens is 4. The quantitative estimate of drug-likeness (QED) is 0.554. The molecule has 2 aromatic carbocycles. The lowest BCUT2D eigenvalue weighted by atomic mass is 10.0. The predicted molar refractivity (Wildman–Crippen MR) is 117 cm³/mol. The number of rotatable bonds is 5. The molecule has 5 rings (SSSR count). The van der Waals surface area contributed by atoms with Crippen LogP contribution < -0.4 is 9.64 Å². The highest BCUT2D eigenvalue weighted by atomic mass is 16.5. The van der Waals surface area contributed by atoms with E-state index in [1.165, 1.54) is 5.56 Å². The van der Waals surface area contributed by atoms with Crippen LogP contribution in [0.4, 0.5) is 5.95 Å². The lowest BCUT2D eigenvalue weighted by molar-refractivity contribution is 0.206. The summed E-state index contributed by atoms with van der Waals surface area (Å²) in [6.07, 6.45) is 3.59. The summed E-state index contributed by atoms with van der Waals surface area (Å²) < 4.78 is 5.35. The molecule has 0 radical (unpaired) electrons. The molecule has 0 saturated carbocycles. The van der Waals surface area contributed by atoms with Crippen LogP contribution in [0, 0.1) is 0 Å². The fourth-order valence-electron chi connectivity index (χ4n) is 4.06. The van der Waals surface area contributed by atoms with Gasteiger partial charge in [0.1, 0.15) is 11.6 Å². The number of para-hydroxylation sites is 2. The van der Waals surface area contributed by atoms with E-state index < -0.39 is 0 Å². The van der Waals surface area contributed by atoms with E-state index in [1.807, 2.05) is 36.4 Å². The molecular weight excluding hydrogens is 376 g/mol. The lowest BCUT2D eigenvalue weighted by Crippen LogP contribution is -2.48. The minimum Gasteiger partial charge on any atom is -0.497 e. The molecule has 1 aliphatic heterocycles. The van der Waals surface area contributed by atoms with Crippen LogP contribution in [0.15, 0.2) is 67.0 Å². The highest BCUT2D eigenvalue weighted by molar-refractivity contribution is 5.75. The Morgan fingerprint density at radius 2 is 1.63 bits per heavy atom. The zero-order chi connectivity index (χ0) is 20.3. The zero-order valence-electron chi connectivity index (χ0n) is 16.9. The van der Waals surface area contributed by atoms with Gasteiger partial charge >= 0.3 is 0 Å². The Morgan fingerprint density at radius 3 is 2.33 bits per heavy atom. The second-order valence-corrected chi connectivity index (χ2v) is 7.39. The van der Waals surface area contributed by atoms with E-state index in [4.69, 9.17) is 9.72 Å². The van der Waals surface area contributed by atoms with Crippen molar-refractivity contribution in [1.29, 1.82) is 0 Å². The van der Waals surface area contributed by atoms with E-state index in [0.29, 0.717) is 0 Å². The van der Waals surface area contributed by atoms with Gasteiger partial charge in [0.25, 0.3) is 0 Å². The highest BCUT2D eigenvalue weighted by Crippen LogP contribution is 2.30. The number of H-pyrrole nitrogens is 1. The van der Waals surface area contributed by atoms with Crippen molar-refractivity contribution in [3.63, 3.8) is 0 Å². The molecule has 152 valence electrons. The number of fused-ring (bicyclic) bond motifs is 1. The van der Waals surface area contributed by atoms with Gasteiger partial charge in [-0.15, -0.1) is 0 Å². The normalized spacial score (nSPS) is 16.0. The summed E-state index contributed by atoms with van der Waals surface area (Å²) in [4.78, 5) is 22.0. The summed E-state index contributed by atoms with van der Waals surface area (Å²) in [6.45, 7) is 3.53. The van der Waals surface area contributed by atoms with E-state index in [1.54, 1.807) is 19.5 Å². The molecule has 1 aliphatic rings. The van der Waals surface area contributed by atoms with Crippen molar-refractivity contribution in [3.05, 3.63) is 78.4 Å². The number of ether oxygens (including phenoxy) is 1. The number of aromatic amines is 1. The molecule has 4 aromatic rings. The molecule has 7 nitrogen and oxygen atoms in total. The number of anilines is 1. The van der Waals surface area contributed by atoms with Gasteiger partial charge < -0.3 is 14.6 Å². The summed E-state index contributed by atoms with van der Waals surface area (Å²) in [6, 6.07) is 18.3. The molecule has 2 aromatic heterocycles. The highest BCUT2D eigenvalue weighted by Gasteiger charge is 2.29. The summed E-state index contributed by atoms with van der Waals surface area (Å²) in [5.41, 5.74) is 3.24. The van der Waals surface area contributed by atoms with Gasteiger partial charge in [-0.25, -0.2) is 15.0 Å². The number of imidazole rings is 1. The van der Waals surface area contributed by atoms with Gasteiger partial charge in [0.2, 0.25) is 5.95 Å². The summed E-state index contributed by atoms with van der Waals surface area (Å²) in [7, 11) is 1.69. The first-order valence-corrected chi connectivity index (χ1v) is 10.2. The van der Waals surface area contributed by atoms with Gasteiger partial charge in [0, 0.05) is 38.6 Å². The molecule has 1 saturated heterocycles. The minimum atomic E-state index is 0.0437. The van der Waals surface area contributed by atoms with E-state index >= 15 is 0 Å². The Hall–Kier alpha value is -3.45. The van der Waals surface area contributed by atoms with Crippen LogP contribution in [0.25, 0.3) is 11.0 Å². The molecule has 1 N–H and O–H groups in total. The lowest BCUT2D eigenvalue weighted by Gasteiger charge is -2.38. The number of hydrogen-bond donors (Lipinski definition) is 1. The Labute approximate surface area is 175 Å². The fraction of sp³-hybridized carbons (Fsp3) is 0.261. The molecule has 0 aliphatic carbocycles. The zero-order valence-corrected chi connectivity index (χ0v) is 16.9. The van der Waals surface area contributed by atoms with Crippen LogP contribution >= 0.6 is 0 Å². The van der Waals surface area contributed by atoms with E-state index in [9.17, 15) is 0 Å². The maximum atomic E-state index is 5.35. The van der Waals surface area contributed by atoms with Gasteiger partial charge in [0.15, 0.2) is 0 Å². The van der Waals surface area contributed by atoms with Crippen molar-refractivity contribution in [2.24, 2.45) is 0 Å². The predicted octanol–water partition coefficient (Wildman–Crippen LogP) is 3.27. The Bertz CT molecular complexity index is 1070. The van der Waals surface area contributed by atoms with Crippen LogP contribution in [0.5, 0.6) is 5.75 Å². The summed E-state index contributed by atoms with van der Waals surface area (Å²) >= 11 is 0. The van der Waals surface area contributed by atoms with Crippen LogP contribution in [-0.4, -0.2) is 58.1 Å². The van der Waals surface area contributed by atoms with Crippen molar-refractivity contribution < 1.29 is 4.74 Å². The van der Waals surface area contributed by atoms with Gasteiger partial charge in [-0.05, 0) is 35.9 Å². The Morgan fingerprint density at radius 1 is 0.900 bits per heavy atom. The third-order valence-electron chi connectivity index (χ3n) is 5.61. The van der Waals surface area contributed by atoms with Crippen molar-refractivity contribution in [1.82, 2.24) is 24.8 Å². The number of hydrogen-bond acceptors (Lipinski definition) is 6. The molecule has 3 heterocycles. The first-order valence-electron chi connectivity index (χ1n) is 10.2. The average molecular weight is 400 g/mol. The third-order valence-corrected chi connectivity index (χ3v) is 5.61. The van der Waals surface area contributed by atoms with Crippen molar-refractivity contribution >= 4 is 17.0 Å². The standard InChI is InChI=1S/C23H24N6O/c1-30-18-9-7-17(8-10-18)21(22-26-19-5-2-3-6-20(19)27-22)28-13-15-29(16-14-28)23-24-11-4-12-25-23/h2-12,21H,13-16H2,1H3,(H,26,27). The number of piperazine rings is 1. The van der Waals surface area contributed by atoms with Crippen LogP contribution in [0.3, 0.4) is 0 Å². The Balaban J connectivity index is 1.45. The van der Waals surface area contributed by atoms with Crippen LogP contribution in [0.2, 0.25) is 0 Å². The molecule has 1 unspecified atom stereocenters. The largest absolute Gasteiger partial charge is 0.497 e. The van der Waals surface area contributed by atoms with Crippen LogP contribution in [-0.2, 0) is 0 Å². The summed E-state index contributed by atoms with van der Waals surface area (Å²) in [5, 5.41) is 0. The molecule has 1 atom stereocenters. The van der Waals surface area contributed by atoms with Gasteiger partial charge in [-0.3, -0.25) is 4.90 Å². The van der Waals surface area contributed by atoms with E-state index in [0.717, 1.165) is 54.7 Å². The molecule has 7 heteroatoms. The second-order valence-electron chi connectivity index (χ2n) is 7.39. The molecule has 30 heavy (non-hydrogen) atoms. The smallest absolute Gasteiger partial charge is 0.225 e. The van der Waals surface area contributed by atoms with Gasteiger partial charge in [-0.2, -0.15) is 0 Å². The van der Waals surface area contributed by atoms with Gasteiger partial charge in [-0.1, -0.05) is 24.3 Å². The first kappa shape index (κ1) is 18.6. The number of nitrogens with zero attached hydrogens (tertiary/aromatic N) is 5. The minimum absolute atomic E-state index is 0.0437. The summed E-state index contributed by atoms with van der Waals surface area (Å²) in [5.74, 6) is 2.61. The van der Waals surface area contributed by atoms with Crippen LogP contribution in [0.1, 0.15) is 17.4 Å². The molecule has 0 bridgehead atoms. The number of methoxy groups -OCH3 is 1. The monoisotopic (exact) mass is 400 g/mol. The molecule has 1 fully saturated rings. The molecular formula is C23H24N6O. The van der Waals surface area contributed by atoms with Crippen molar-refractivity contribution in [2.75, 3.05) is 38.2 Å². The maximum absolute atomic E-state index is 5.35. The number of nitrogens with one attached hydrogen (secondary N) is 1. The number of benzene rings is 2. The van der Waals surface area contributed by atoms with Crippen molar-refractivity contribution in [2.45, 2.75) is 6.04 Å². The third kappa shape index (κ3) is 3.59. The second kappa shape index (κ2) is 8.12. The van der Waals surface area contributed by atoms with E-state index in [2.05, 4.69) is 43.0 Å². The fourth-order valence-corrected chi connectivity index (χ4v) is 4.06.